The molecule has 0 aliphatic heterocycles. The molecule has 0 aromatic heterocycles. The number of nitrogens with two attached hydrogens (primary N) is 1. The summed E-state index contributed by atoms with van der Waals surface area (Å²) >= 11 is 0. The van der Waals surface area contributed by atoms with Crippen molar-refractivity contribution in [2.45, 2.75) is 92.7 Å². The molecule has 3 atom stereocenters. The molecule has 0 aliphatic rings. The number of carbonyl (C=O) groups is 4. The second-order valence-electron chi connectivity index (χ2n) is 10.1. The zero-order valence-electron chi connectivity index (χ0n) is 22.0. The van der Waals surface area contributed by atoms with Gasteiger partial charge in [0.2, 0.25) is 0 Å². The Balaban J connectivity index is 3.53. The highest BCUT2D eigenvalue weighted by Crippen LogP contribution is 2.37. The molecule has 0 saturated carbocycles. The van der Waals surface area contributed by atoms with Crippen LogP contribution in [-0.2, 0) is 23.9 Å². The number of carboxylic acid groups (broad SMARTS) is 1. The molecular formula is C26H39NO8. The molecule has 0 heterocycles. The number of carboxylic acids is 1. The second-order valence-corrected chi connectivity index (χ2v) is 10.1. The summed E-state index contributed by atoms with van der Waals surface area (Å²) in [6.45, 7) is 13.6. The summed E-state index contributed by atoms with van der Waals surface area (Å²) in [6.07, 6.45) is 0.542. The Morgan fingerprint density at radius 1 is 0.943 bits per heavy atom. The van der Waals surface area contributed by atoms with Crippen LogP contribution in [0.5, 0.6) is 11.5 Å². The summed E-state index contributed by atoms with van der Waals surface area (Å²) in [5.74, 6) is -3.53. The first-order valence-corrected chi connectivity index (χ1v) is 11.8. The van der Waals surface area contributed by atoms with Crippen molar-refractivity contribution in [1.82, 2.24) is 0 Å². The van der Waals surface area contributed by atoms with Gasteiger partial charge in [0.25, 0.3) is 0 Å². The number of ether oxygens (including phenoxy) is 3. The topological polar surface area (TPSA) is 142 Å². The molecule has 1 rings (SSSR count). The van der Waals surface area contributed by atoms with Crippen LogP contribution in [0, 0.1) is 10.8 Å². The average Bonchev–Trinajstić information content (AvgIpc) is 2.77. The van der Waals surface area contributed by atoms with Crippen molar-refractivity contribution in [3.05, 3.63) is 23.8 Å². The van der Waals surface area contributed by atoms with Crippen LogP contribution in [0.1, 0.15) is 86.1 Å². The zero-order valence-corrected chi connectivity index (χ0v) is 22.0. The van der Waals surface area contributed by atoms with Gasteiger partial charge in [-0.3, -0.25) is 19.2 Å². The number of esters is 3. The smallest absolute Gasteiger partial charge is 0.321 e. The Morgan fingerprint density at radius 3 is 1.86 bits per heavy atom. The van der Waals surface area contributed by atoms with Gasteiger partial charge in [-0.05, 0) is 71.6 Å². The number of benzene rings is 1. The number of hydrogen-bond donors (Lipinski definition) is 2. The first kappa shape index (κ1) is 30.1. The Bertz CT molecular complexity index is 937. The third kappa shape index (κ3) is 8.35. The minimum Gasteiger partial charge on any atom is -0.480 e. The molecule has 9 nitrogen and oxygen atoms in total. The molecule has 0 radical (unpaired) electrons. The first-order chi connectivity index (χ1) is 16.0. The average molecular weight is 494 g/mol. The summed E-state index contributed by atoms with van der Waals surface area (Å²) in [5.41, 5.74) is 4.84. The minimum atomic E-state index is -1.32. The number of rotatable bonds is 12. The lowest BCUT2D eigenvalue weighted by Crippen LogP contribution is -2.38. The normalized spacial score (nSPS) is 14.4. The van der Waals surface area contributed by atoms with Gasteiger partial charge in [-0.15, -0.1) is 0 Å². The highest BCUT2D eigenvalue weighted by Gasteiger charge is 2.33. The molecule has 2 unspecified atom stereocenters. The van der Waals surface area contributed by atoms with Crippen LogP contribution in [0.15, 0.2) is 18.2 Å². The largest absolute Gasteiger partial charge is 0.480 e. The summed E-state index contributed by atoms with van der Waals surface area (Å²) < 4.78 is 16.4. The summed E-state index contributed by atoms with van der Waals surface area (Å²) in [4.78, 5) is 48.6. The fourth-order valence-corrected chi connectivity index (χ4v) is 3.04. The van der Waals surface area contributed by atoms with Crippen molar-refractivity contribution >= 4 is 23.9 Å². The summed E-state index contributed by atoms with van der Waals surface area (Å²) in [6, 6.07) is 3.16. The third-order valence-corrected chi connectivity index (χ3v) is 6.35. The summed E-state index contributed by atoms with van der Waals surface area (Å²) in [7, 11) is 0. The van der Waals surface area contributed by atoms with Gasteiger partial charge in [-0.2, -0.15) is 0 Å². The molecule has 0 bridgehead atoms. The Labute approximate surface area is 207 Å². The molecule has 1 aromatic carbocycles. The highest BCUT2D eigenvalue weighted by molar-refractivity contribution is 5.81. The van der Waals surface area contributed by atoms with E-state index in [1.165, 1.54) is 19.1 Å². The molecule has 0 aliphatic carbocycles. The van der Waals surface area contributed by atoms with Crippen LogP contribution in [0.25, 0.3) is 0 Å². The maximum Gasteiger partial charge on any atom is 0.321 e. The maximum atomic E-state index is 12.8. The molecule has 196 valence electrons. The lowest BCUT2D eigenvalue weighted by atomic mass is 9.86. The fraction of sp³-hybridized carbons (Fsp3) is 0.615. The summed E-state index contributed by atoms with van der Waals surface area (Å²) in [5, 5.41) is 9.56. The molecule has 1 aromatic rings. The second kappa shape index (κ2) is 12.2. The number of hydrogen-bond acceptors (Lipinski definition) is 8. The van der Waals surface area contributed by atoms with E-state index in [-0.39, 0.29) is 17.9 Å². The first-order valence-electron chi connectivity index (χ1n) is 11.8. The van der Waals surface area contributed by atoms with Crippen LogP contribution in [0.3, 0.4) is 0 Å². The van der Waals surface area contributed by atoms with E-state index >= 15 is 0 Å². The minimum absolute atomic E-state index is 0.0167. The van der Waals surface area contributed by atoms with E-state index in [0.717, 1.165) is 0 Å². The van der Waals surface area contributed by atoms with Crippen molar-refractivity contribution in [2.24, 2.45) is 16.6 Å². The molecule has 0 spiro atoms. The fourth-order valence-electron chi connectivity index (χ4n) is 3.04. The van der Waals surface area contributed by atoms with Gasteiger partial charge >= 0.3 is 23.9 Å². The van der Waals surface area contributed by atoms with Gasteiger partial charge in [0, 0.05) is 12.8 Å². The van der Waals surface area contributed by atoms with Gasteiger partial charge in [-0.1, -0.05) is 19.9 Å². The lowest BCUT2D eigenvalue weighted by Gasteiger charge is -2.26. The molecule has 9 heteroatoms. The molecule has 0 saturated heterocycles. The van der Waals surface area contributed by atoms with Gasteiger partial charge in [0.1, 0.15) is 6.04 Å². The number of aliphatic carboxylic acids is 1. The van der Waals surface area contributed by atoms with Crippen LogP contribution >= 0.6 is 0 Å². The van der Waals surface area contributed by atoms with Crippen molar-refractivity contribution in [3.8, 4) is 11.5 Å². The Morgan fingerprint density at radius 2 is 1.43 bits per heavy atom. The Kier molecular flexibility index (Phi) is 10.4. The Hall–Kier alpha value is -2.94. The monoisotopic (exact) mass is 493 g/mol. The third-order valence-electron chi connectivity index (χ3n) is 6.35. The lowest BCUT2D eigenvalue weighted by molar-refractivity contribution is -0.147. The SMILES string of the molecule is CCC(C)(C)C(=O)Oc1ccc(C(CC(C)OC(C)=O)[C@H](N)C(=O)O)cc1OC(=O)C(C)(C)CC. The van der Waals surface area contributed by atoms with E-state index in [1.54, 1.807) is 40.7 Å². The van der Waals surface area contributed by atoms with Crippen molar-refractivity contribution < 1.29 is 38.5 Å². The number of carbonyl (C=O) groups excluding carboxylic acids is 3. The quantitative estimate of drug-likeness (QED) is 0.323. The highest BCUT2D eigenvalue weighted by atomic mass is 16.6. The van der Waals surface area contributed by atoms with Gasteiger partial charge in [0.05, 0.1) is 16.9 Å². The maximum absolute atomic E-state index is 12.8. The molecule has 35 heavy (non-hydrogen) atoms. The van der Waals surface area contributed by atoms with Crippen LogP contribution in [-0.4, -0.2) is 41.1 Å². The van der Waals surface area contributed by atoms with Crippen molar-refractivity contribution in [1.29, 1.82) is 0 Å². The van der Waals surface area contributed by atoms with E-state index < -0.39 is 52.8 Å². The van der Waals surface area contributed by atoms with E-state index in [4.69, 9.17) is 19.9 Å². The van der Waals surface area contributed by atoms with Gasteiger partial charge in [0.15, 0.2) is 11.5 Å². The van der Waals surface area contributed by atoms with Crippen LogP contribution in [0.4, 0.5) is 0 Å². The van der Waals surface area contributed by atoms with Crippen molar-refractivity contribution in [2.75, 3.05) is 0 Å². The molecule has 3 N–H and O–H groups in total. The molecule has 0 amide bonds. The van der Waals surface area contributed by atoms with Crippen LogP contribution < -0.4 is 15.2 Å². The predicted molar refractivity (Wildman–Crippen MR) is 130 cm³/mol. The predicted octanol–water partition coefficient (Wildman–Crippen LogP) is 4.21. The van der Waals surface area contributed by atoms with E-state index in [0.29, 0.717) is 18.4 Å². The van der Waals surface area contributed by atoms with E-state index in [9.17, 15) is 24.3 Å². The molecule has 0 fully saturated rings. The van der Waals surface area contributed by atoms with E-state index in [1.807, 2.05) is 13.8 Å². The zero-order chi connectivity index (χ0) is 27.1. The van der Waals surface area contributed by atoms with Crippen LogP contribution in [0.2, 0.25) is 0 Å². The van der Waals surface area contributed by atoms with E-state index in [2.05, 4.69) is 0 Å². The van der Waals surface area contributed by atoms with Crippen molar-refractivity contribution in [3.63, 3.8) is 0 Å². The standard InChI is InChI=1S/C26H39NO8/c1-9-25(5,6)23(31)34-19-12-11-17(14-20(19)35-24(32)26(7,8)10-2)18(21(27)22(29)30)13-15(3)33-16(4)28/h11-12,14-15,18,21H,9-10,13,27H2,1-8H3,(H,29,30)/t15?,18?,21-/m0/s1. The molecular weight excluding hydrogens is 454 g/mol. The van der Waals surface area contributed by atoms with Gasteiger partial charge in [-0.25, -0.2) is 0 Å². The van der Waals surface area contributed by atoms with Gasteiger partial charge < -0.3 is 25.1 Å².